The van der Waals surface area contributed by atoms with E-state index in [1.165, 1.54) is 5.56 Å². The molecule has 0 aliphatic heterocycles. The molecule has 0 N–H and O–H groups in total. The number of aryl methyl sites for hydroxylation is 1. The van der Waals surface area contributed by atoms with Crippen molar-refractivity contribution in [2.45, 2.75) is 11.8 Å². The molecule has 0 saturated heterocycles. The number of benzene rings is 2. The van der Waals surface area contributed by atoms with Crippen LogP contribution >= 0.6 is 12.6 Å². The third kappa shape index (κ3) is 2.74. The average Bonchev–Trinajstić information content (AvgIpc) is 2.38. The first-order valence-electron chi connectivity index (χ1n) is 5.71. The zero-order valence-electron chi connectivity index (χ0n) is 10.4. The van der Waals surface area contributed by atoms with E-state index in [9.17, 15) is 4.79 Å². The highest BCUT2D eigenvalue weighted by Crippen LogP contribution is 2.17. The maximum Gasteiger partial charge on any atom is 0.258 e. The molecule has 1 amide bonds. The Labute approximate surface area is 113 Å². The summed E-state index contributed by atoms with van der Waals surface area (Å²) in [6.07, 6.45) is 0. The first-order chi connectivity index (χ1) is 8.58. The smallest absolute Gasteiger partial charge is 0.258 e. The van der Waals surface area contributed by atoms with Crippen LogP contribution in [0.4, 0.5) is 5.69 Å². The van der Waals surface area contributed by atoms with Crippen LogP contribution in [0.3, 0.4) is 0 Å². The predicted molar refractivity (Wildman–Crippen MR) is 77.6 cm³/mol. The van der Waals surface area contributed by atoms with Gasteiger partial charge in [0.05, 0.1) is 0 Å². The number of hydrogen-bond donors (Lipinski definition) is 1. The van der Waals surface area contributed by atoms with Gasteiger partial charge >= 0.3 is 0 Å². The van der Waals surface area contributed by atoms with E-state index < -0.39 is 0 Å². The molecule has 2 aromatic rings. The second kappa shape index (κ2) is 5.27. The van der Waals surface area contributed by atoms with E-state index in [2.05, 4.69) is 12.6 Å². The van der Waals surface area contributed by atoms with Gasteiger partial charge in [-0.1, -0.05) is 23.8 Å². The first kappa shape index (κ1) is 12.7. The van der Waals surface area contributed by atoms with Gasteiger partial charge in [0.15, 0.2) is 0 Å². The molecular formula is C15H15NOS. The quantitative estimate of drug-likeness (QED) is 0.816. The highest BCUT2D eigenvalue weighted by atomic mass is 32.1. The number of thiol groups is 1. The van der Waals surface area contributed by atoms with Crippen LogP contribution in [0.5, 0.6) is 0 Å². The Hall–Kier alpha value is -1.74. The van der Waals surface area contributed by atoms with Crippen molar-refractivity contribution in [3.63, 3.8) is 0 Å². The highest BCUT2D eigenvalue weighted by Gasteiger charge is 2.13. The summed E-state index contributed by atoms with van der Waals surface area (Å²) in [5.74, 6) is -0.0326. The lowest BCUT2D eigenvalue weighted by Gasteiger charge is -2.17. The summed E-state index contributed by atoms with van der Waals surface area (Å²) in [7, 11) is 1.78. The molecule has 0 aliphatic rings. The summed E-state index contributed by atoms with van der Waals surface area (Å²) in [5, 5.41) is 0. The molecule has 0 bridgehead atoms. The topological polar surface area (TPSA) is 20.3 Å². The van der Waals surface area contributed by atoms with Crippen LogP contribution in [0.15, 0.2) is 53.4 Å². The molecule has 0 aromatic heterocycles. The largest absolute Gasteiger partial charge is 0.311 e. The second-order valence-corrected chi connectivity index (χ2v) is 4.77. The zero-order valence-corrected chi connectivity index (χ0v) is 11.3. The Kier molecular flexibility index (Phi) is 3.72. The molecule has 0 saturated carbocycles. The summed E-state index contributed by atoms with van der Waals surface area (Å²) in [6, 6.07) is 15.1. The van der Waals surface area contributed by atoms with E-state index in [0.29, 0.717) is 5.56 Å². The maximum atomic E-state index is 12.3. The molecule has 2 aromatic carbocycles. The van der Waals surface area contributed by atoms with Gasteiger partial charge in [0.25, 0.3) is 5.91 Å². The van der Waals surface area contributed by atoms with Gasteiger partial charge in [0.1, 0.15) is 0 Å². The summed E-state index contributed by atoms with van der Waals surface area (Å²) in [4.78, 5) is 14.7. The van der Waals surface area contributed by atoms with Gasteiger partial charge in [-0.2, -0.15) is 0 Å². The highest BCUT2D eigenvalue weighted by molar-refractivity contribution is 7.80. The lowest BCUT2D eigenvalue weighted by atomic mass is 10.1. The molecule has 0 heterocycles. The van der Waals surface area contributed by atoms with E-state index in [1.807, 2.05) is 43.3 Å². The summed E-state index contributed by atoms with van der Waals surface area (Å²) in [6.45, 7) is 2.02. The monoisotopic (exact) mass is 257 g/mol. The van der Waals surface area contributed by atoms with Crippen molar-refractivity contribution in [1.82, 2.24) is 0 Å². The van der Waals surface area contributed by atoms with E-state index >= 15 is 0 Å². The number of nitrogens with zero attached hydrogens (tertiary/aromatic N) is 1. The first-order valence-corrected chi connectivity index (χ1v) is 6.16. The summed E-state index contributed by atoms with van der Waals surface area (Å²) >= 11 is 4.25. The molecule has 0 atom stereocenters. The molecule has 3 heteroatoms. The van der Waals surface area contributed by atoms with Crippen LogP contribution in [0, 0.1) is 6.92 Å². The number of anilines is 1. The van der Waals surface area contributed by atoms with Gasteiger partial charge in [0, 0.05) is 23.2 Å². The zero-order chi connectivity index (χ0) is 13.1. The standard InChI is InChI=1S/C15H15NOS/c1-11-6-8-13(9-7-11)16(2)15(17)12-4-3-5-14(18)10-12/h3-10,18H,1-2H3. The molecular weight excluding hydrogens is 242 g/mol. The molecule has 0 fully saturated rings. The SMILES string of the molecule is Cc1ccc(N(C)C(=O)c2cccc(S)c2)cc1. The van der Waals surface area contributed by atoms with Crippen LogP contribution < -0.4 is 4.90 Å². The van der Waals surface area contributed by atoms with Gasteiger partial charge in [-0.3, -0.25) is 4.79 Å². The molecule has 92 valence electrons. The van der Waals surface area contributed by atoms with E-state index in [-0.39, 0.29) is 5.91 Å². The normalized spacial score (nSPS) is 10.2. The Morgan fingerprint density at radius 1 is 1.11 bits per heavy atom. The number of rotatable bonds is 2. The van der Waals surface area contributed by atoms with Gasteiger partial charge < -0.3 is 4.90 Å². The van der Waals surface area contributed by atoms with Crippen molar-refractivity contribution < 1.29 is 4.79 Å². The third-order valence-corrected chi connectivity index (χ3v) is 3.10. The van der Waals surface area contributed by atoms with Gasteiger partial charge in [-0.25, -0.2) is 0 Å². The van der Waals surface area contributed by atoms with Gasteiger partial charge in [-0.05, 0) is 37.3 Å². The fourth-order valence-electron chi connectivity index (χ4n) is 1.72. The Balaban J connectivity index is 2.26. The van der Waals surface area contributed by atoms with Crippen LogP contribution in [-0.2, 0) is 0 Å². The van der Waals surface area contributed by atoms with E-state index in [1.54, 1.807) is 24.1 Å². The fourth-order valence-corrected chi connectivity index (χ4v) is 1.94. The Bertz CT molecular complexity index is 563. The third-order valence-electron chi connectivity index (χ3n) is 2.82. The molecule has 0 unspecified atom stereocenters. The molecule has 2 rings (SSSR count). The van der Waals surface area contributed by atoms with Crippen molar-refractivity contribution in [3.8, 4) is 0 Å². The lowest BCUT2D eigenvalue weighted by Crippen LogP contribution is -2.26. The van der Waals surface area contributed by atoms with Crippen LogP contribution in [0.25, 0.3) is 0 Å². The Morgan fingerprint density at radius 3 is 2.39 bits per heavy atom. The summed E-state index contributed by atoms with van der Waals surface area (Å²) in [5.41, 5.74) is 2.71. The lowest BCUT2D eigenvalue weighted by molar-refractivity contribution is 0.0993. The van der Waals surface area contributed by atoms with Gasteiger partial charge in [0.2, 0.25) is 0 Å². The Morgan fingerprint density at radius 2 is 1.78 bits per heavy atom. The minimum atomic E-state index is -0.0326. The number of carbonyl (C=O) groups excluding carboxylic acids is 1. The maximum absolute atomic E-state index is 12.3. The number of carbonyl (C=O) groups is 1. The molecule has 18 heavy (non-hydrogen) atoms. The number of hydrogen-bond acceptors (Lipinski definition) is 2. The van der Waals surface area contributed by atoms with Crippen LogP contribution in [-0.4, -0.2) is 13.0 Å². The predicted octanol–water partition coefficient (Wildman–Crippen LogP) is 3.56. The van der Waals surface area contributed by atoms with Crippen molar-refractivity contribution in [3.05, 3.63) is 59.7 Å². The van der Waals surface area contributed by atoms with Crippen molar-refractivity contribution in [2.75, 3.05) is 11.9 Å². The summed E-state index contributed by atoms with van der Waals surface area (Å²) < 4.78 is 0. The van der Waals surface area contributed by atoms with Gasteiger partial charge in [-0.15, -0.1) is 12.6 Å². The van der Waals surface area contributed by atoms with Crippen LogP contribution in [0.2, 0.25) is 0 Å². The molecule has 0 radical (unpaired) electrons. The molecule has 0 spiro atoms. The molecule has 2 nitrogen and oxygen atoms in total. The van der Waals surface area contributed by atoms with E-state index in [4.69, 9.17) is 0 Å². The van der Waals surface area contributed by atoms with Crippen molar-refractivity contribution in [2.24, 2.45) is 0 Å². The van der Waals surface area contributed by atoms with Crippen molar-refractivity contribution in [1.29, 1.82) is 0 Å². The average molecular weight is 257 g/mol. The van der Waals surface area contributed by atoms with Crippen molar-refractivity contribution >= 4 is 24.2 Å². The minimum absolute atomic E-state index is 0.0326. The second-order valence-electron chi connectivity index (χ2n) is 4.25. The number of amides is 1. The minimum Gasteiger partial charge on any atom is -0.311 e. The molecule has 0 aliphatic carbocycles. The van der Waals surface area contributed by atoms with Crippen LogP contribution in [0.1, 0.15) is 15.9 Å². The fraction of sp³-hybridized carbons (Fsp3) is 0.133. The van der Waals surface area contributed by atoms with E-state index in [0.717, 1.165) is 10.6 Å².